The minimum absolute atomic E-state index is 0.302. The van der Waals surface area contributed by atoms with Gasteiger partial charge in [-0.05, 0) is 24.5 Å². The summed E-state index contributed by atoms with van der Waals surface area (Å²) < 4.78 is 28.4. The number of ether oxygens (including phenoxy) is 1. The van der Waals surface area contributed by atoms with Crippen molar-refractivity contribution in [3.8, 4) is 5.75 Å². The van der Waals surface area contributed by atoms with Crippen LogP contribution in [-0.4, -0.2) is 6.61 Å². The van der Waals surface area contributed by atoms with Gasteiger partial charge < -0.3 is 4.74 Å². The first-order valence-corrected chi connectivity index (χ1v) is 4.76. The number of rotatable bonds is 5. The Morgan fingerprint density at radius 2 is 2.00 bits per heavy atom. The highest BCUT2D eigenvalue weighted by Crippen LogP contribution is 2.21. The van der Waals surface area contributed by atoms with Gasteiger partial charge in [0.25, 0.3) is 0 Å². The third-order valence-electron chi connectivity index (χ3n) is 1.99. The SMILES string of the molecule is CCCCc1ccccc1OC(F)F. The van der Waals surface area contributed by atoms with Crippen LogP contribution in [0.15, 0.2) is 24.3 Å². The smallest absolute Gasteiger partial charge is 0.387 e. The van der Waals surface area contributed by atoms with E-state index in [4.69, 9.17) is 0 Å². The summed E-state index contributed by atoms with van der Waals surface area (Å²) in [6.07, 6.45) is 2.83. The molecule has 0 spiro atoms. The van der Waals surface area contributed by atoms with Gasteiger partial charge in [-0.15, -0.1) is 0 Å². The van der Waals surface area contributed by atoms with Gasteiger partial charge in [-0.3, -0.25) is 0 Å². The maximum atomic E-state index is 12.0. The van der Waals surface area contributed by atoms with Gasteiger partial charge in [0.15, 0.2) is 0 Å². The number of hydrogen-bond donors (Lipinski definition) is 0. The van der Waals surface area contributed by atoms with E-state index in [0.717, 1.165) is 24.8 Å². The second kappa shape index (κ2) is 5.58. The molecule has 0 radical (unpaired) electrons. The van der Waals surface area contributed by atoms with Crippen molar-refractivity contribution in [3.05, 3.63) is 29.8 Å². The molecule has 0 N–H and O–H groups in total. The summed E-state index contributed by atoms with van der Waals surface area (Å²) in [4.78, 5) is 0. The van der Waals surface area contributed by atoms with Crippen LogP contribution in [0.5, 0.6) is 5.75 Å². The number of hydrogen-bond acceptors (Lipinski definition) is 1. The molecular formula is C11H14F2O. The number of benzene rings is 1. The number of aryl methyl sites for hydroxylation is 1. The minimum Gasteiger partial charge on any atom is -0.435 e. The molecule has 0 aliphatic rings. The molecule has 0 fully saturated rings. The molecule has 0 aliphatic carbocycles. The van der Waals surface area contributed by atoms with E-state index >= 15 is 0 Å². The Labute approximate surface area is 82.7 Å². The molecule has 0 unspecified atom stereocenters. The Morgan fingerprint density at radius 1 is 1.29 bits per heavy atom. The third kappa shape index (κ3) is 3.32. The molecule has 78 valence electrons. The van der Waals surface area contributed by atoms with Gasteiger partial charge in [-0.25, -0.2) is 0 Å². The molecule has 1 rings (SSSR count). The quantitative estimate of drug-likeness (QED) is 0.705. The van der Waals surface area contributed by atoms with E-state index in [1.54, 1.807) is 12.1 Å². The van der Waals surface area contributed by atoms with Crippen LogP contribution in [0.3, 0.4) is 0 Å². The highest BCUT2D eigenvalue weighted by atomic mass is 19.3. The zero-order valence-corrected chi connectivity index (χ0v) is 8.17. The van der Waals surface area contributed by atoms with Crippen LogP contribution < -0.4 is 4.74 Å². The second-order valence-corrected chi connectivity index (χ2v) is 3.09. The summed E-state index contributed by atoms with van der Waals surface area (Å²) in [5.74, 6) is 0.302. The molecule has 0 saturated heterocycles. The number of halogens is 2. The highest BCUT2D eigenvalue weighted by molar-refractivity contribution is 5.33. The van der Waals surface area contributed by atoms with E-state index in [9.17, 15) is 8.78 Å². The molecule has 0 aromatic heterocycles. The first kappa shape index (κ1) is 11.0. The van der Waals surface area contributed by atoms with Crippen molar-refractivity contribution in [2.75, 3.05) is 0 Å². The molecule has 1 aromatic rings. The topological polar surface area (TPSA) is 9.23 Å². The van der Waals surface area contributed by atoms with E-state index in [2.05, 4.69) is 11.7 Å². The summed E-state index contributed by atoms with van der Waals surface area (Å²) in [5.41, 5.74) is 0.856. The van der Waals surface area contributed by atoms with Crippen LogP contribution in [0.25, 0.3) is 0 Å². The van der Waals surface area contributed by atoms with Crippen molar-refractivity contribution in [1.29, 1.82) is 0 Å². The van der Waals surface area contributed by atoms with Crippen LogP contribution in [-0.2, 0) is 6.42 Å². The Kier molecular flexibility index (Phi) is 4.36. The van der Waals surface area contributed by atoms with Gasteiger partial charge in [-0.2, -0.15) is 8.78 Å². The van der Waals surface area contributed by atoms with E-state index in [1.807, 2.05) is 12.1 Å². The summed E-state index contributed by atoms with van der Waals surface area (Å²) in [5, 5.41) is 0. The van der Waals surface area contributed by atoms with Crippen LogP contribution in [0.1, 0.15) is 25.3 Å². The van der Waals surface area contributed by atoms with Crippen molar-refractivity contribution >= 4 is 0 Å². The monoisotopic (exact) mass is 200 g/mol. The predicted molar refractivity (Wildman–Crippen MR) is 51.7 cm³/mol. The maximum Gasteiger partial charge on any atom is 0.387 e. The fraction of sp³-hybridized carbons (Fsp3) is 0.455. The van der Waals surface area contributed by atoms with Gasteiger partial charge in [0.2, 0.25) is 0 Å². The van der Waals surface area contributed by atoms with Crippen LogP contribution >= 0.6 is 0 Å². The Balaban J connectivity index is 2.69. The number of unbranched alkanes of at least 4 members (excludes halogenated alkanes) is 1. The van der Waals surface area contributed by atoms with Gasteiger partial charge in [0.05, 0.1) is 0 Å². The van der Waals surface area contributed by atoms with Gasteiger partial charge in [0, 0.05) is 0 Å². The molecule has 0 amide bonds. The van der Waals surface area contributed by atoms with E-state index in [-0.39, 0.29) is 0 Å². The maximum absolute atomic E-state index is 12.0. The zero-order chi connectivity index (χ0) is 10.4. The lowest BCUT2D eigenvalue weighted by molar-refractivity contribution is -0.0504. The van der Waals surface area contributed by atoms with E-state index in [0.29, 0.717) is 5.75 Å². The van der Waals surface area contributed by atoms with Crippen LogP contribution in [0.4, 0.5) is 8.78 Å². The molecule has 1 aromatic carbocycles. The number of para-hydroxylation sites is 1. The fourth-order valence-corrected chi connectivity index (χ4v) is 1.29. The normalized spacial score (nSPS) is 10.6. The summed E-state index contributed by atoms with van der Waals surface area (Å²) in [6.45, 7) is -0.672. The van der Waals surface area contributed by atoms with E-state index in [1.165, 1.54) is 0 Å². The third-order valence-corrected chi connectivity index (χ3v) is 1.99. The van der Waals surface area contributed by atoms with Gasteiger partial charge in [-0.1, -0.05) is 31.5 Å². The average Bonchev–Trinajstić information content (AvgIpc) is 2.16. The fourth-order valence-electron chi connectivity index (χ4n) is 1.29. The number of alkyl halides is 2. The van der Waals surface area contributed by atoms with Crippen LogP contribution in [0.2, 0.25) is 0 Å². The predicted octanol–water partition coefficient (Wildman–Crippen LogP) is 3.63. The lowest BCUT2D eigenvalue weighted by atomic mass is 10.1. The Hall–Kier alpha value is -1.12. The Morgan fingerprint density at radius 3 is 2.64 bits per heavy atom. The van der Waals surface area contributed by atoms with E-state index < -0.39 is 6.61 Å². The first-order chi connectivity index (χ1) is 6.74. The molecular weight excluding hydrogens is 186 g/mol. The van der Waals surface area contributed by atoms with Crippen LogP contribution in [0, 0.1) is 0 Å². The first-order valence-electron chi connectivity index (χ1n) is 4.76. The highest BCUT2D eigenvalue weighted by Gasteiger charge is 2.07. The zero-order valence-electron chi connectivity index (χ0n) is 8.17. The lowest BCUT2D eigenvalue weighted by Crippen LogP contribution is -2.04. The molecule has 0 bridgehead atoms. The van der Waals surface area contributed by atoms with Crippen molar-refractivity contribution < 1.29 is 13.5 Å². The molecule has 0 aliphatic heterocycles. The minimum atomic E-state index is -2.74. The lowest BCUT2D eigenvalue weighted by Gasteiger charge is -2.09. The van der Waals surface area contributed by atoms with Crippen molar-refractivity contribution in [1.82, 2.24) is 0 Å². The average molecular weight is 200 g/mol. The largest absolute Gasteiger partial charge is 0.435 e. The standard InChI is InChI=1S/C11H14F2O/c1-2-3-6-9-7-4-5-8-10(9)14-11(12)13/h4-5,7-8,11H,2-3,6H2,1H3. The van der Waals surface area contributed by atoms with Gasteiger partial charge >= 0.3 is 6.61 Å². The molecule has 0 atom stereocenters. The van der Waals surface area contributed by atoms with Crippen molar-refractivity contribution in [3.63, 3.8) is 0 Å². The van der Waals surface area contributed by atoms with Gasteiger partial charge in [0.1, 0.15) is 5.75 Å². The summed E-state index contributed by atoms with van der Waals surface area (Å²) in [6, 6.07) is 6.95. The molecule has 3 heteroatoms. The Bertz CT molecular complexity index is 274. The molecule has 1 nitrogen and oxygen atoms in total. The summed E-state index contributed by atoms with van der Waals surface area (Å²) in [7, 11) is 0. The molecule has 0 heterocycles. The second-order valence-electron chi connectivity index (χ2n) is 3.09. The summed E-state index contributed by atoms with van der Waals surface area (Å²) >= 11 is 0. The van der Waals surface area contributed by atoms with Crippen molar-refractivity contribution in [2.45, 2.75) is 32.8 Å². The van der Waals surface area contributed by atoms with Crippen molar-refractivity contribution in [2.24, 2.45) is 0 Å². The molecule has 0 saturated carbocycles. The molecule has 14 heavy (non-hydrogen) atoms.